The normalized spacial score (nSPS) is 21.4. The van der Waals surface area contributed by atoms with Gasteiger partial charge in [-0.2, -0.15) is 0 Å². The Balaban J connectivity index is 1.88. The number of benzene rings is 1. The molecule has 1 N–H and O–H groups in total. The fourth-order valence-electron chi connectivity index (χ4n) is 3.07. The van der Waals surface area contributed by atoms with Crippen LogP contribution in [0, 0.1) is 5.82 Å². The molecule has 1 aliphatic rings. The number of morpholine rings is 1. The summed E-state index contributed by atoms with van der Waals surface area (Å²) in [4.78, 5) is 6.63. The van der Waals surface area contributed by atoms with Gasteiger partial charge in [-0.25, -0.2) is 4.39 Å². The molecule has 25 heavy (non-hydrogen) atoms. The molecule has 0 radical (unpaired) electrons. The summed E-state index contributed by atoms with van der Waals surface area (Å²) >= 11 is 0. The van der Waals surface area contributed by atoms with Gasteiger partial charge in [0.05, 0.1) is 12.6 Å². The Kier molecular flexibility index (Phi) is 8.15. The second kappa shape index (κ2) is 10.4. The fourth-order valence-corrected chi connectivity index (χ4v) is 3.07. The molecule has 0 bridgehead atoms. The lowest BCUT2D eigenvalue weighted by molar-refractivity contribution is -0.0605. The minimum atomic E-state index is -0.226. The molecular formula is C19H30FN3O2. The van der Waals surface area contributed by atoms with Gasteiger partial charge >= 0.3 is 0 Å². The minimum Gasteiger partial charge on any atom is -0.385 e. The van der Waals surface area contributed by atoms with E-state index < -0.39 is 0 Å². The molecule has 0 aromatic heterocycles. The van der Waals surface area contributed by atoms with E-state index in [1.807, 2.05) is 0 Å². The third-order valence-corrected chi connectivity index (χ3v) is 4.32. The highest BCUT2D eigenvalue weighted by molar-refractivity contribution is 5.80. The zero-order valence-electron chi connectivity index (χ0n) is 15.5. The molecule has 1 aromatic carbocycles. The van der Waals surface area contributed by atoms with Crippen molar-refractivity contribution >= 4 is 5.96 Å². The molecule has 0 amide bonds. The van der Waals surface area contributed by atoms with E-state index in [1.54, 1.807) is 26.3 Å². The van der Waals surface area contributed by atoms with Gasteiger partial charge in [0.1, 0.15) is 11.9 Å². The van der Waals surface area contributed by atoms with Crippen molar-refractivity contribution in [1.29, 1.82) is 0 Å². The SMILES string of the molecule is CN=C(NCCCCCOC)N1CC(C)OC(c2ccc(F)cc2)C1. The topological polar surface area (TPSA) is 46.1 Å². The van der Waals surface area contributed by atoms with Gasteiger partial charge in [-0.15, -0.1) is 0 Å². The summed E-state index contributed by atoms with van der Waals surface area (Å²) in [6, 6.07) is 6.55. The van der Waals surface area contributed by atoms with Crippen LogP contribution in [0.2, 0.25) is 0 Å². The molecule has 2 unspecified atom stereocenters. The summed E-state index contributed by atoms with van der Waals surface area (Å²) < 4.78 is 24.3. The monoisotopic (exact) mass is 351 g/mol. The summed E-state index contributed by atoms with van der Waals surface area (Å²) in [6.45, 7) is 5.26. The highest BCUT2D eigenvalue weighted by Crippen LogP contribution is 2.25. The summed E-state index contributed by atoms with van der Waals surface area (Å²) in [5.74, 6) is 0.671. The third-order valence-electron chi connectivity index (χ3n) is 4.32. The molecule has 1 saturated heterocycles. The van der Waals surface area contributed by atoms with Crippen LogP contribution in [0.3, 0.4) is 0 Å². The van der Waals surface area contributed by atoms with Crippen molar-refractivity contribution in [2.24, 2.45) is 4.99 Å². The van der Waals surface area contributed by atoms with Gasteiger partial charge in [-0.3, -0.25) is 4.99 Å². The van der Waals surface area contributed by atoms with E-state index >= 15 is 0 Å². The van der Waals surface area contributed by atoms with Crippen molar-refractivity contribution in [3.8, 4) is 0 Å². The van der Waals surface area contributed by atoms with E-state index in [4.69, 9.17) is 9.47 Å². The van der Waals surface area contributed by atoms with Gasteiger partial charge in [0.2, 0.25) is 0 Å². The zero-order chi connectivity index (χ0) is 18.1. The first-order valence-electron chi connectivity index (χ1n) is 8.99. The Morgan fingerprint density at radius 1 is 1.28 bits per heavy atom. The van der Waals surface area contributed by atoms with Crippen LogP contribution in [0.4, 0.5) is 4.39 Å². The number of nitrogens with one attached hydrogen (secondary N) is 1. The number of hydrogen-bond donors (Lipinski definition) is 1. The van der Waals surface area contributed by atoms with Gasteiger partial charge < -0.3 is 19.7 Å². The molecule has 5 nitrogen and oxygen atoms in total. The molecule has 140 valence electrons. The molecule has 0 aliphatic carbocycles. The van der Waals surface area contributed by atoms with Crippen molar-refractivity contribution in [2.75, 3.05) is 40.4 Å². The van der Waals surface area contributed by atoms with Crippen LogP contribution in [-0.2, 0) is 9.47 Å². The van der Waals surface area contributed by atoms with Gasteiger partial charge in [0, 0.05) is 33.9 Å². The van der Waals surface area contributed by atoms with E-state index in [-0.39, 0.29) is 18.0 Å². The molecule has 2 rings (SSSR count). The second-order valence-corrected chi connectivity index (χ2v) is 6.42. The first-order valence-corrected chi connectivity index (χ1v) is 8.99. The Morgan fingerprint density at radius 3 is 2.72 bits per heavy atom. The molecule has 1 heterocycles. The van der Waals surface area contributed by atoms with Crippen LogP contribution in [0.5, 0.6) is 0 Å². The standard InChI is InChI=1S/C19H30FN3O2/c1-15-13-23(19(21-2)22-11-5-4-6-12-24-3)14-18(25-15)16-7-9-17(20)10-8-16/h7-10,15,18H,4-6,11-14H2,1-3H3,(H,21,22). The number of aliphatic imine (C=N–C) groups is 1. The van der Waals surface area contributed by atoms with Crippen LogP contribution in [0.1, 0.15) is 37.9 Å². The van der Waals surface area contributed by atoms with Crippen molar-refractivity contribution in [1.82, 2.24) is 10.2 Å². The van der Waals surface area contributed by atoms with Crippen LogP contribution >= 0.6 is 0 Å². The predicted octanol–water partition coefficient (Wildman–Crippen LogP) is 2.98. The largest absolute Gasteiger partial charge is 0.385 e. The Morgan fingerprint density at radius 2 is 2.04 bits per heavy atom. The summed E-state index contributed by atoms with van der Waals surface area (Å²) in [5.41, 5.74) is 0.993. The van der Waals surface area contributed by atoms with Crippen LogP contribution in [0.25, 0.3) is 0 Å². The van der Waals surface area contributed by atoms with Gasteiger partial charge in [-0.05, 0) is 43.9 Å². The maximum Gasteiger partial charge on any atom is 0.193 e. The third kappa shape index (κ3) is 6.29. The van der Waals surface area contributed by atoms with Crippen LogP contribution < -0.4 is 5.32 Å². The Hall–Kier alpha value is -1.66. The molecule has 0 saturated carbocycles. The summed E-state index contributed by atoms with van der Waals surface area (Å²) in [6.07, 6.45) is 3.31. The van der Waals surface area contributed by atoms with E-state index in [0.29, 0.717) is 6.54 Å². The zero-order valence-corrected chi connectivity index (χ0v) is 15.5. The van der Waals surface area contributed by atoms with E-state index in [0.717, 1.165) is 50.5 Å². The van der Waals surface area contributed by atoms with Crippen molar-refractivity contribution < 1.29 is 13.9 Å². The fraction of sp³-hybridized carbons (Fsp3) is 0.632. The molecule has 1 aliphatic heterocycles. The van der Waals surface area contributed by atoms with Crippen molar-refractivity contribution in [3.05, 3.63) is 35.6 Å². The van der Waals surface area contributed by atoms with E-state index in [9.17, 15) is 4.39 Å². The number of unbranched alkanes of at least 4 members (excludes halogenated alkanes) is 2. The summed E-state index contributed by atoms with van der Waals surface area (Å²) in [5, 5.41) is 3.44. The smallest absolute Gasteiger partial charge is 0.193 e. The Bertz CT molecular complexity index is 536. The predicted molar refractivity (Wildman–Crippen MR) is 98.3 cm³/mol. The highest BCUT2D eigenvalue weighted by atomic mass is 19.1. The number of hydrogen-bond acceptors (Lipinski definition) is 3. The van der Waals surface area contributed by atoms with Crippen LogP contribution in [0.15, 0.2) is 29.3 Å². The van der Waals surface area contributed by atoms with Crippen LogP contribution in [-0.4, -0.2) is 57.4 Å². The second-order valence-electron chi connectivity index (χ2n) is 6.42. The van der Waals surface area contributed by atoms with Gasteiger partial charge in [-0.1, -0.05) is 12.1 Å². The maximum absolute atomic E-state index is 13.2. The number of halogens is 1. The minimum absolute atomic E-state index is 0.0791. The first kappa shape index (κ1) is 19.7. The lowest BCUT2D eigenvalue weighted by Crippen LogP contribution is -2.50. The maximum atomic E-state index is 13.2. The highest BCUT2D eigenvalue weighted by Gasteiger charge is 2.28. The lowest BCUT2D eigenvalue weighted by atomic mass is 10.1. The number of rotatable bonds is 7. The van der Waals surface area contributed by atoms with Gasteiger partial charge in [0.15, 0.2) is 5.96 Å². The number of ether oxygens (including phenoxy) is 2. The van der Waals surface area contributed by atoms with Crippen molar-refractivity contribution in [2.45, 2.75) is 38.4 Å². The van der Waals surface area contributed by atoms with Crippen molar-refractivity contribution in [3.63, 3.8) is 0 Å². The number of guanidine groups is 1. The molecule has 6 heteroatoms. The average molecular weight is 351 g/mol. The summed E-state index contributed by atoms with van der Waals surface area (Å²) in [7, 11) is 3.54. The van der Waals surface area contributed by atoms with Gasteiger partial charge in [0.25, 0.3) is 0 Å². The van der Waals surface area contributed by atoms with E-state index in [2.05, 4.69) is 22.1 Å². The lowest BCUT2D eigenvalue weighted by Gasteiger charge is -2.38. The number of methoxy groups -OCH3 is 1. The number of nitrogens with zero attached hydrogens (tertiary/aromatic N) is 2. The Labute approximate surface area is 150 Å². The molecular weight excluding hydrogens is 321 g/mol. The molecule has 1 fully saturated rings. The average Bonchev–Trinajstić information content (AvgIpc) is 2.61. The first-order chi connectivity index (χ1) is 12.1. The molecule has 0 spiro atoms. The molecule has 2 atom stereocenters. The van der Waals surface area contributed by atoms with E-state index in [1.165, 1.54) is 12.1 Å². The quantitative estimate of drug-likeness (QED) is 0.466. The molecule has 1 aromatic rings.